The standard InChI is InChI=1S/C19H17FN2O6/c1-26-14-7-12-15(18(28-3)17(14)27-2)16(24)10(19(21)25)8-22(12)9-4-5-13(23)11(20)6-9/h4-8,23H,1-3H3,(H2,21,25). The summed E-state index contributed by atoms with van der Waals surface area (Å²) in [5, 5.41) is 9.46. The Morgan fingerprint density at radius 2 is 1.79 bits per heavy atom. The van der Waals surface area contributed by atoms with E-state index in [-0.39, 0.29) is 39.4 Å². The second kappa shape index (κ2) is 7.10. The number of benzene rings is 2. The third kappa shape index (κ3) is 2.86. The SMILES string of the molecule is COc1cc2c(c(OC)c1OC)c(=O)c(C(N)=O)cn2-c1ccc(O)c(F)c1. The van der Waals surface area contributed by atoms with E-state index in [2.05, 4.69) is 0 Å². The molecule has 3 aromatic rings. The first-order valence-corrected chi connectivity index (χ1v) is 8.01. The van der Waals surface area contributed by atoms with E-state index in [0.29, 0.717) is 0 Å². The number of primary amides is 1. The number of phenols is 1. The van der Waals surface area contributed by atoms with Crippen LogP contribution in [-0.2, 0) is 0 Å². The third-order valence-corrected chi connectivity index (χ3v) is 4.27. The molecule has 0 aliphatic carbocycles. The second-order valence-electron chi connectivity index (χ2n) is 5.78. The van der Waals surface area contributed by atoms with Crippen LogP contribution in [0.15, 0.2) is 35.3 Å². The maximum atomic E-state index is 13.9. The molecule has 1 amide bonds. The van der Waals surface area contributed by atoms with Crippen LogP contribution in [0.5, 0.6) is 23.0 Å². The van der Waals surface area contributed by atoms with E-state index in [4.69, 9.17) is 19.9 Å². The highest BCUT2D eigenvalue weighted by Crippen LogP contribution is 2.42. The fourth-order valence-electron chi connectivity index (χ4n) is 2.98. The van der Waals surface area contributed by atoms with Gasteiger partial charge in [-0.1, -0.05) is 0 Å². The number of carbonyl (C=O) groups is 1. The largest absolute Gasteiger partial charge is 0.505 e. The molecule has 2 aromatic carbocycles. The van der Waals surface area contributed by atoms with Gasteiger partial charge in [0.15, 0.2) is 23.1 Å². The van der Waals surface area contributed by atoms with E-state index in [0.717, 1.165) is 12.1 Å². The Morgan fingerprint density at radius 1 is 1.11 bits per heavy atom. The molecule has 0 radical (unpaired) electrons. The number of carbonyl (C=O) groups excluding carboxylic acids is 1. The lowest BCUT2D eigenvalue weighted by molar-refractivity contribution is 0.0999. The van der Waals surface area contributed by atoms with Gasteiger partial charge in [-0.15, -0.1) is 0 Å². The normalized spacial score (nSPS) is 10.7. The predicted octanol–water partition coefficient (Wildman–Crippen LogP) is 1.96. The molecule has 0 spiro atoms. The van der Waals surface area contributed by atoms with Crippen LogP contribution in [0.1, 0.15) is 10.4 Å². The molecule has 28 heavy (non-hydrogen) atoms. The van der Waals surface area contributed by atoms with E-state index < -0.39 is 22.9 Å². The van der Waals surface area contributed by atoms with Gasteiger partial charge in [0.2, 0.25) is 11.2 Å². The van der Waals surface area contributed by atoms with E-state index in [9.17, 15) is 19.1 Å². The van der Waals surface area contributed by atoms with Gasteiger partial charge in [0, 0.05) is 24.0 Å². The Balaban J connectivity index is 2.57. The summed E-state index contributed by atoms with van der Waals surface area (Å²) in [4.78, 5) is 24.8. The number of fused-ring (bicyclic) bond motifs is 1. The zero-order chi connectivity index (χ0) is 20.6. The quantitative estimate of drug-likeness (QED) is 0.691. The number of halogens is 1. The molecule has 8 nitrogen and oxygen atoms in total. The third-order valence-electron chi connectivity index (χ3n) is 4.27. The van der Waals surface area contributed by atoms with Gasteiger partial charge in [-0.05, 0) is 12.1 Å². The number of aromatic nitrogens is 1. The van der Waals surface area contributed by atoms with Gasteiger partial charge in [-0.2, -0.15) is 0 Å². The molecule has 1 heterocycles. The van der Waals surface area contributed by atoms with E-state index in [1.54, 1.807) is 0 Å². The minimum Gasteiger partial charge on any atom is -0.505 e. The number of aromatic hydroxyl groups is 1. The zero-order valence-corrected chi connectivity index (χ0v) is 15.3. The first-order chi connectivity index (χ1) is 13.3. The van der Waals surface area contributed by atoms with Crippen LogP contribution in [0, 0.1) is 5.82 Å². The number of amides is 1. The summed E-state index contributed by atoms with van der Waals surface area (Å²) in [5.74, 6) is -1.93. The molecule has 0 aliphatic heterocycles. The van der Waals surface area contributed by atoms with Crippen molar-refractivity contribution in [1.29, 1.82) is 0 Å². The Bertz CT molecular complexity index is 1160. The highest BCUT2D eigenvalue weighted by molar-refractivity contribution is 5.99. The number of phenolic OH excluding ortho intramolecular Hbond substituents is 1. The molecule has 0 atom stereocenters. The van der Waals surface area contributed by atoms with E-state index in [1.165, 1.54) is 44.2 Å². The van der Waals surface area contributed by atoms with Gasteiger partial charge >= 0.3 is 0 Å². The van der Waals surface area contributed by atoms with E-state index in [1.807, 2.05) is 0 Å². The fraction of sp³-hybridized carbons (Fsp3) is 0.158. The molecule has 0 saturated heterocycles. The number of ether oxygens (including phenoxy) is 3. The maximum Gasteiger partial charge on any atom is 0.254 e. The number of pyridine rings is 1. The average Bonchev–Trinajstić information content (AvgIpc) is 2.68. The molecule has 146 valence electrons. The maximum absolute atomic E-state index is 13.9. The van der Waals surface area contributed by atoms with Crippen LogP contribution in [0.3, 0.4) is 0 Å². The van der Waals surface area contributed by atoms with Crippen molar-refractivity contribution in [1.82, 2.24) is 4.57 Å². The number of nitrogens with zero attached hydrogens (tertiary/aromatic N) is 1. The Kier molecular flexibility index (Phi) is 4.83. The molecule has 0 saturated carbocycles. The van der Waals surface area contributed by atoms with Gasteiger partial charge in [0.05, 0.1) is 32.2 Å². The van der Waals surface area contributed by atoms with Crippen LogP contribution in [0.4, 0.5) is 4.39 Å². The van der Waals surface area contributed by atoms with Crippen molar-refractivity contribution in [2.75, 3.05) is 21.3 Å². The molecule has 9 heteroatoms. The Hall–Kier alpha value is -3.75. The molecule has 0 unspecified atom stereocenters. The lowest BCUT2D eigenvalue weighted by atomic mass is 10.1. The van der Waals surface area contributed by atoms with Crippen molar-refractivity contribution >= 4 is 16.8 Å². The van der Waals surface area contributed by atoms with E-state index >= 15 is 0 Å². The summed E-state index contributed by atoms with van der Waals surface area (Å²) in [5.41, 5.74) is 4.86. The van der Waals surface area contributed by atoms with Gasteiger partial charge in [-0.3, -0.25) is 9.59 Å². The number of rotatable bonds is 5. The minimum absolute atomic E-state index is 0.00457. The summed E-state index contributed by atoms with van der Waals surface area (Å²) in [6.45, 7) is 0. The van der Waals surface area contributed by atoms with Crippen LogP contribution in [-0.4, -0.2) is 36.9 Å². The van der Waals surface area contributed by atoms with Crippen molar-refractivity contribution in [3.05, 3.63) is 52.1 Å². The van der Waals surface area contributed by atoms with Crippen LogP contribution in [0.25, 0.3) is 16.6 Å². The van der Waals surface area contributed by atoms with Gasteiger partial charge in [0.1, 0.15) is 5.56 Å². The number of hydrogen-bond donors (Lipinski definition) is 2. The summed E-state index contributed by atoms with van der Waals surface area (Å²) in [6, 6.07) is 5.10. The topological polar surface area (TPSA) is 113 Å². The highest BCUT2D eigenvalue weighted by atomic mass is 19.1. The van der Waals surface area contributed by atoms with Crippen molar-refractivity contribution < 1.29 is 28.5 Å². The smallest absolute Gasteiger partial charge is 0.254 e. The van der Waals surface area contributed by atoms with Crippen molar-refractivity contribution in [2.45, 2.75) is 0 Å². The minimum atomic E-state index is -0.961. The zero-order valence-electron chi connectivity index (χ0n) is 15.3. The summed E-state index contributed by atoms with van der Waals surface area (Å²) in [6.07, 6.45) is 1.20. The summed E-state index contributed by atoms with van der Waals surface area (Å²) < 4.78 is 31.3. The fourth-order valence-corrected chi connectivity index (χ4v) is 2.98. The first-order valence-electron chi connectivity index (χ1n) is 8.01. The Labute approximate surface area is 158 Å². The van der Waals surface area contributed by atoms with Crippen molar-refractivity contribution in [3.63, 3.8) is 0 Å². The Morgan fingerprint density at radius 3 is 2.32 bits per heavy atom. The van der Waals surface area contributed by atoms with Crippen LogP contribution in [0.2, 0.25) is 0 Å². The molecule has 1 aromatic heterocycles. The average molecular weight is 388 g/mol. The highest BCUT2D eigenvalue weighted by Gasteiger charge is 2.24. The first kappa shape index (κ1) is 19.0. The molecule has 0 aliphatic rings. The molecule has 3 rings (SSSR count). The molecule has 0 bridgehead atoms. The molecular weight excluding hydrogens is 371 g/mol. The van der Waals surface area contributed by atoms with Gasteiger partial charge < -0.3 is 29.6 Å². The van der Waals surface area contributed by atoms with Crippen LogP contribution < -0.4 is 25.4 Å². The van der Waals surface area contributed by atoms with Crippen molar-refractivity contribution in [3.8, 4) is 28.7 Å². The molecule has 0 fully saturated rings. The lowest BCUT2D eigenvalue weighted by Gasteiger charge is -2.18. The molecule has 3 N–H and O–H groups in total. The monoisotopic (exact) mass is 388 g/mol. The van der Waals surface area contributed by atoms with Crippen molar-refractivity contribution in [2.24, 2.45) is 5.73 Å². The predicted molar refractivity (Wildman–Crippen MR) is 99.3 cm³/mol. The number of methoxy groups -OCH3 is 3. The second-order valence-corrected chi connectivity index (χ2v) is 5.78. The van der Waals surface area contributed by atoms with Crippen LogP contribution >= 0.6 is 0 Å². The van der Waals surface area contributed by atoms with Gasteiger partial charge in [-0.25, -0.2) is 4.39 Å². The lowest BCUT2D eigenvalue weighted by Crippen LogP contribution is -2.24. The van der Waals surface area contributed by atoms with Gasteiger partial charge in [0.25, 0.3) is 5.91 Å². The number of nitrogens with two attached hydrogens (primary N) is 1. The number of hydrogen-bond acceptors (Lipinski definition) is 6. The summed E-state index contributed by atoms with van der Waals surface area (Å²) in [7, 11) is 4.11. The summed E-state index contributed by atoms with van der Waals surface area (Å²) >= 11 is 0. The molecular formula is C19H17FN2O6.